The van der Waals surface area contributed by atoms with Crippen molar-refractivity contribution in [3.05, 3.63) is 24.2 Å². The van der Waals surface area contributed by atoms with Gasteiger partial charge in [-0.25, -0.2) is 0 Å². The molecule has 24 heavy (non-hydrogen) atoms. The van der Waals surface area contributed by atoms with Crippen LogP contribution in [-0.2, 0) is 25.7 Å². The molecule has 0 spiro atoms. The van der Waals surface area contributed by atoms with Crippen LogP contribution in [0.4, 0.5) is 0 Å². The Kier molecular flexibility index (Phi) is 6.84. The van der Waals surface area contributed by atoms with Crippen LogP contribution in [0.3, 0.4) is 0 Å². The van der Waals surface area contributed by atoms with Crippen molar-refractivity contribution < 1.29 is 23.5 Å². The van der Waals surface area contributed by atoms with Gasteiger partial charge in [-0.15, -0.1) is 0 Å². The maximum atomic E-state index is 12.1. The molecule has 2 heterocycles. The van der Waals surface area contributed by atoms with Crippen molar-refractivity contribution in [2.24, 2.45) is 5.92 Å². The van der Waals surface area contributed by atoms with Crippen LogP contribution in [0.1, 0.15) is 38.4 Å². The molecule has 1 fully saturated rings. The van der Waals surface area contributed by atoms with Crippen molar-refractivity contribution in [3.63, 3.8) is 0 Å². The van der Waals surface area contributed by atoms with E-state index < -0.39 is 0 Å². The molecule has 132 valence electrons. The highest BCUT2D eigenvalue weighted by Gasteiger charge is 2.28. The largest absolute Gasteiger partial charge is 0.467 e. The number of piperidine rings is 1. The zero-order chi connectivity index (χ0) is 17.4. The Bertz CT molecular complexity index is 547. The van der Waals surface area contributed by atoms with Gasteiger partial charge in [0.2, 0.25) is 11.8 Å². The van der Waals surface area contributed by atoms with Crippen LogP contribution in [0.25, 0.3) is 0 Å². The van der Waals surface area contributed by atoms with Crippen molar-refractivity contribution in [2.75, 3.05) is 19.7 Å². The summed E-state index contributed by atoms with van der Waals surface area (Å²) in [7, 11) is 0. The monoisotopic (exact) mass is 336 g/mol. The van der Waals surface area contributed by atoms with Gasteiger partial charge in [-0.1, -0.05) is 0 Å². The Morgan fingerprint density at radius 1 is 1.29 bits per heavy atom. The molecule has 1 N–H and O–H groups in total. The van der Waals surface area contributed by atoms with Crippen molar-refractivity contribution in [2.45, 2.75) is 39.2 Å². The van der Waals surface area contributed by atoms with E-state index in [4.69, 9.17) is 9.15 Å². The highest BCUT2D eigenvalue weighted by molar-refractivity contribution is 5.84. The second-order valence-corrected chi connectivity index (χ2v) is 5.76. The molecule has 1 aromatic heterocycles. The Morgan fingerprint density at radius 3 is 2.67 bits per heavy atom. The van der Waals surface area contributed by atoms with E-state index >= 15 is 0 Å². The Balaban J connectivity index is 1.64. The molecule has 7 heteroatoms. The first kappa shape index (κ1) is 18.0. The average Bonchev–Trinajstić information content (AvgIpc) is 3.11. The van der Waals surface area contributed by atoms with Crippen molar-refractivity contribution in [1.82, 2.24) is 10.2 Å². The van der Waals surface area contributed by atoms with Crippen LogP contribution >= 0.6 is 0 Å². The average molecular weight is 336 g/mol. The third kappa shape index (κ3) is 5.40. The smallest absolute Gasteiger partial charge is 0.309 e. The summed E-state index contributed by atoms with van der Waals surface area (Å²) in [5, 5.41) is 2.71. The minimum Gasteiger partial charge on any atom is -0.467 e. The first-order valence-electron chi connectivity index (χ1n) is 8.33. The number of carbonyl (C=O) groups excluding carboxylic acids is 3. The van der Waals surface area contributed by atoms with Crippen LogP contribution < -0.4 is 5.32 Å². The summed E-state index contributed by atoms with van der Waals surface area (Å²) in [5.41, 5.74) is 0. The molecule has 0 aromatic carbocycles. The van der Waals surface area contributed by atoms with Crippen LogP contribution in [0.15, 0.2) is 22.8 Å². The van der Waals surface area contributed by atoms with E-state index in [1.807, 2.05) is 0 Å². The zero-order valence-electron chi connectivity index (χ0n) is 14.0. The summed E-state index contributed by atoms with van der Waals surface area (Å²) >= 11 is 0. The Morgan fingerprint density at radius 2 is 2.04 bits per heavy atom. The van der Waals surface area contributed by atoms with Crippen molar-refractivity contribution in [3.8, 4) is 0 Å². The number of likely N-dealkylation sites (tertiary alicyclic amines) is 1. The molecule has 1 aromatic rings. The van der Waals surface area contributed by atoms with Crippen LogP contribution in [0, 0.1) is 5.92 Å². The number of ether oxygens (including phenoxy) is 1. The first-order chi connectivity index (χ1) is 11.6. The van der Waals surface area contributed by atoms with E-state index in [1.165, 1.54) is 0 Å². The fourth-order valence-corrected chi connectivity index (χ4v) is 2.69. The molecule has 2 rings (SSSR count). The van der Waals surface area contributed by atoms with Gasteiger partial charge in [0.15, 0.2) is 0 Å². The van der Waals surface area contributed by atoms with Gasteiger partial charge in [0, 0.05) is 25.9 Å². The molecule has 0 bridgehead atoms. The zero-order valence-corrected chi connectivity index (χ0v) is 14.0. The standard InChI is InChI=1S/C17H24N2O5/c1-2-23-17(22)13-7-9-19(10-8-13)16(21)6-5-15(20)18-12-14-4-3-11-24-14/h3-4,11,13H,2,5-10,12H2,1H3,(H,18,20). The molecule has 0 aliphatic carbocycles. The maximum absolute atomic E-state index is 12.1. The predicted molar refractivity (Wildman–Crippen MR) is 85.7 cm³/mol. The lowest BCUT2D eigenvalue weighted by Crippen LogP contribution is -2.41. The molecule has 0 atom stereocenters. The molecule has 1 aliphatic rings. The van der Waals surface area contributed by atoms with E-state index in [2.05, 4.69) is 5.32 Å². The molecule has 1 saturated heterocycles. The lowest BCUT2D eigenvalue weighted by molar-refractivity contribution is -0.151. The number of nitrogens with one attached hydrogen (secondary N) is 1. The number of furan rings is 1. The Labute approximate surface area is 141 Å². The van der Waals surface area contributed by atoms with Gasteiger partial charge in [0.25, 0.3) is 0 Å². The summed E-state index contributed by atoms with van der Waals surface area (Å²) < 4.78 is 10.1. The van der Waals surface area contributed by atoms with Gasteiger partial charge < -0.3 is 19.4 Å². The van der Waals surface area contributed by atoms with Gasteiger partial charge in [-0.05, 0) is 31.9 Å². The number of hydrogen-bond donors (Lipinski definition) is 1. The number of amides is 2. The van der Waals surface area contributed by atoms with Crippen molar-refractivity contribution in [1.29, 1.82) is 0 Å². The summed E-state index contributed by atoms with van der Waals surface area (Å²) in [6.07, 6.45) is 3.11. The number of rotatable bonds is 7. The summed E-state index contributed by atoms with van der Waals surface area (Å²) in [6, 6.07) is 3.53. The maximum Gasteiger partial charge on any atom is 0.309 e. The minimum atomic E-state index is -0.179. The molecule has 7 nitrogen and oxygen atoms in total. The molecule has 0 radical (unpaired) electrons. The molecule has 0 saturated carbocycles. The fourth-order valence-electron chi connectivity index (χ4n) is 2.69. The number of hydrogen-bond acceptors (Lipinski definition) is 5. The normalized spacial score (nSPS) is 15.1. The first-order valence-corrected chi connectivity index (χ1v) is 8.33. The van der Waals surface area contributed by atoms with Crippen LogP contribution in [0.5, 0.6) is 0 Å². The SMILES string of the molecule is CCOC(=O)C1CCN(C(=O)CCC(=O)NCc2ccco2)CC1. The van der Waals surface area contributed by atoms with Crippen molar-refractivity contribution >= 4 is 17.8 Å². The van der Waals surface area contributed by atoms with E-state index in [9.17, 15) is 14.4 Å². The lowest BCUT2D eigenvalue weighted by atomic mass is 9.96. The highest BCUT2D eigenvalue weighted by atomic mass is 16.5. The molecular weight excluding hydrogens is 312 g/mol. The molecule has 0 unspecified atom stereocenters. The van der Waals surface area contributed by atoms with E-state index in [0.29, 0.717) is 44.8 Å². The molecular formula is C17H24N2O5. The molecule has 2 amide bonds. The summed E-state index contributed by atoms with van der Waals surface area (Å²) in [6.45, 7) is 3.57. The summed E-state index contributed by atoms with van der Waals surface area (Å²) in [4.78, 5) is 37.3. The lowest BCUT2D eigenvalue weighted by Gasteiger charge is -2.30. The second-order valence-electron chi connectivity index (χ2n) is 5.76. The van der Waals surface area contributed by atoms with Gasteiger partial charge >= 0.3 is 5.97 Å². The van der Waals surface area contributed by atoms with E-state index in [0.717, 1.165) is 0 Å². The summed E-state index contributed by atoms with van der Waals surface area (Å²) in [5.74, 6) is 0.148. The van der Waals surface area contributed by atoms with Gasteiger partial charge in [-0.3, -0.25) is 14.4 Å². The number of carbonyl (C=O) groups is 3. The molecule has 1 aliphatic heterocycles. The van der Waals surface area contributed by atoms with Gasteiger partial charge in [0.1, 0.15) is 5.76 Å². The van der Waals surface area contributed by atoms with Gasteiger partial charge in [0.05, 0.1) is 25.3 Å². The van der Waals surface area contributed by atoms with E-state index in [1.54, 1.807) is 30.2 Å². The van der Waals surface area contributed by atoms with Crippen LogP contribution in [0.2, 0.25) is 0 Å². The number of esters is 1. The fraction of sp³-hybridized carbons (Fsp3) is 0.588. The third-order valence-electron chi connectivity index (χ3n) is 4.07. The van der Waals surface area contributed by atoms with Crippen LogP contribution in [-0.4, -0.2) is 42.4 Å². The highest BCUT2D eigenvalue weighted by Crippen LogP contribution is 2.19. The Hall–Kier alpha value is -2.31. The predicted octanol–water partition coefficient (Wildman–Crippen LogP) is 1.48. The second kappa shape index (κ2) is 9.10. The number of nitrogens with zero attached hydrogens (tertiary/aromatic N) is 1. The minimum absolute atomic E-state index is 0.0505. The van der Waals surface area contributed by atoms with E-state index in [-0.39, 0.29) is 36.5 Å². The van der Waals surface area contributed by atoms with Gasteiger partial charge in [-0.2, -0.15) is 0 Å². The third-order valence-corrected chi connectivity index (χ3v) is 4.07. The topological polar surface area (TPSA) is 88.8 Å². The quantitative estimate of drug-likeness (QED) is 0.762.